The number of aromatic nitrogens is 5. The van der Waals surface area contributed by atoms with Crippen molar-refractivity contribution in [2.45, 2.75) is 134 Å². The summed E-state index contributed by atoms with van der Waals surface area (Å²) in [5.41, 5.74) is 14.7. The summed E-state index contributed by atoms with van der Waals surface area (Å²) < 4.78 is 43.5. The van der Waals surface area contributed by atoms with Crippen molar-refractivity contribution >= 4 is 125 Å². The van der Waals surface area contributed by atoms with Crippen molar-refractivity contribution in [1.29, 1.82) is 0 Å². The first kappa shape index (κ1) is 78.3. The van der Waals surface area contributed by atoms with Gasteiger partial charge in [-0.15, -0.1) is 0 Å². The molecule has 5 saturated carbocycles. The number of fused-ring (bicyclic) bond motifs is 6. The molecule has 8 aliphatic carbocycles. The molecule has 11 aromatic rings. The van der Waals surface area contributed by atoms with Crippen LogP contribution >= 0.6 is 46.4 Å². The molecule has 11 nitrogen and oxygen atoms in total. The van der Waals surface area contributed by atoms with E-state index in [-0.39, 0.29) is 46.4 Å². The van der Waals surface area contributed by atoms with Gasteiger partial charge in [0.15, 0.2) is 0 Å². The Morgan fingerprint density at radius 3 is 1.59 bits per heavy atom. The van der Waals surface area contributed by atoms with Crippen molar-refractivity contribution in [1.82, 2.24) is 24.7 Å². The minimum absolute atomic E-state index is 0.0432. The summed E-state index contributed by atoms with van der Waals surface area (Å²) >= 11 is 23.6. The molecule has 0 bridgehead atoms. The Kier molecular flexibility index (Phi) is 23.7. The summed E-state index contributed by atoms with van der Waals surface area (Å²) in [6.07, 6.45) is 30.8. The number of aryl methyl sites for hydroxylation is 1. The molecule has 0 aliphatic heterocycles. The van der Waals surface area contributed by atoms with Gasteiger partial charge in [0.25, 0.3) is 0 Å². The number of Topliss-reactive ketones (excluding diaryl/α,β-unsaturated/α-hetero) is 2. The Hall–Kier alpha value is -9.57. The SMILES string of the molecule is Cn1nc(C2=C[C@@H]3C[C@H](CC(=O)Nc4ccc(Cl)cc4)C[C@@H]3C2)c2ccccc21.O=C(CC1=C[C@H]2C[C@@H](c3ccnc4ccc(F)cc34)C[C@H]2C1)Cc1ccc(Cl)cc1.O=C(C[C@H]1C[C@@H]2CC(c3ccncc3F)=C[C@@H]2C1)Nc1ccc(Cl)cc1.O=C(Cc1ccc(Cl)cc1)C1CC12CCC(c1ccnc3ccc(F)cc13)CC2. The van der Waals surface area contributed by atoms with Crippen LogP contribution in [0.25, 0.3) is 43.9 Å². The van der Waals surface area contributed by atoms with E-state index in [1.54, 1.807) is 60.8 Å². The molecule has 2 N–H and O–H groups in total. The lowest BCUT2D eigenvalue weighted by atomic mass is 9.74. The zero-order valence-corrected chi connectivity index (χ0v) is 66.6. The van der Waals surface area contributed by atoms with E-state index in [1.165, 1.54) is 51.5 Å². The lowest BCUT2D eigenvalue weighted by Gasteiger charge is -2.30. The maximum atomic E-state index is 13.9. The standard InChI is InChI=1S/C26H23ClFNO.C25H23ClFNO.C24H24ClN3O.C21H20ClFN2O/c27-21-3-1-16(2-4-21)11-23(30)12-17-9-18-13-20(14-19(18)10-17)24-7-8-29-26-6-5-22(28)15-25(24)26;26-18-3-1-16(2-4-18)13-24(29)22-15-25(22)10-7-17(8-11-25)20-9-12-28-23-6-5-19(27)14-21(20)23;1-28-22-5-3-2-4-21(22)24(27-28)18-13-16-10-15(11-17(16)14-18)12-23(29)26-20-8-6-19(25)7-9-20;22-17-1-3-18(4-2-17)25-21(26)9-13-7-14-10-16(11-15(14)8-13)19-5-6-24-12-20(19)23/h1-9,15,18-20H,10-14H2;1-6,9,12,14,17,22H,7-8,10-11,13,15H2;2-9,13,15-17H,10-12,14H2,1H3,(H,26,29);1-6,10,12-15H,7-9,11H2,(H,25,26)/t18-,19+,20+;;15-,16-,17+;13-,14+,15-/m0.01/s1. The summed E-state index contributed by atoms with van der Waals surface area (Å²) in [5.74, 6) is 5.25. The van der Waals surface area contributed by atoms with Crippen LogP contribution in [0.15, 0.2) is 225 Å². The predicted octanol–water partition coefficient (Wildman–Crippen LogP) is 24.2. The zero-order chi connectivity index (χ0) is 78.7. The van der Waals surface area contributed by atoms with Gasteiger partial charge >= 0.3 is 0 Å². The fourth-order valence-electron chi connectivity index (χ4n) is 20.1. The summed E-state index contributed by atoms with van der Waals surface area (Å²) in [6, 6.07) is 53.5. The molecule has 5 fully saturated rings. The Balaban J connectivity index is 0.000000115. The van der Waals surface area contributed by atoms with Gasteiger partial charge < -0.3 is 10.6 Å². The monoisotopic (exact) mass is 1600 g/mol. The van der Waals surface area contributed by atoms with Gasteiger partial charge in [-0.1, -0.05) is 113 Å². The molecule has 18 heteroatoms. The van der Waals surface area contributed by atoms with Crippen LogP contribution in [0.2, 0.25) is 20.1 Å². The van der Waals surface area contributed by atoms with Gasteiger partial charge in [-0.05, 0) is 321 Å². The summed E-state index contributed by atoms with van der Waals surface area (Å²) in [4.78, 5) is 62.6. The number of nitrogens with zero attached hydrogens (tertiary/aromatic N) is 5. The van der Waals surface area contributed by atoms with Gasteiger partial charge in [-0.2, -0.15) is 5.10 Å². The molecule has 8 aliphatic rings. The zero-order valence-electron chi connectivity index (χ0n) is 63.6. The molecule has 4 heterocycles. The van der Waals surface area contributed by atoms with Crippen LogP contribution < -0.4 is 10.6 Å². The highest BCUT2D eigenvalue weighted by atomic mass is 35.5. The molecule has 582 valence electrons. The van der Waals surface area contributed by atoms with Gasteiger partial charge in [-0.25, -0.2) is 13.2 Å². The first-order valence-electron chi connectivity index (χ1n) is 40.1. The number of para-hydroxylation sites is 1. The Morgan fingerprint density at radius 1 is 0.509 bits per heavy atom. The van der Waals surface area contributed by atoms with Gasteiger partial charge in [-0.3, -0.25) is 38.8 Å². The third-order valence-electron chi connectivity index (χ3n) is 25.5. The summed E-state index contributed by atoms with van der Waals surface area (Å²) in [7, 11) is 2.01. The molecule has 1 unspecified atom stereocenters. The molecular weight excluding hydrogens is 1510 g/mol. The van der Waals surface area contributed by atoms with Crippen molar-refractivity contribution in [2.75, 3.05) is 10.6 Å². The number of hydrogen-bond donors (Lipinski definition) is 2. The van der Waals surface area contributed by atoms with E-state index in [1.807, 2.05) is 109 Å². The van der Waals surface area contributed by atoms with Gasteiger partial charge in [0.1, 0.15) is 29.0 Å². The number of allylic oxidation sites excluding steroid dienone is 6. The van der Waals surface area contributed by atoms with Gasteiger partial charge in [0, 0.05) is 117 Å². The predicted molar refractivity (Wildman–Crippen MR) is 451 cm³/mol. The van der Waals surface area contributed by atoms with Crippen molar-refractivity contribution in [3.63, 3.8) is 0 Å². The second-order valence-corrected chi connectivity index (χ2v) is 34.9. The fraction of sp³-hybridized carbons (Fsp3) is 0.333. The Labute approximate surface area is 683 Å². The summed E-state index contributed by atoms with van der Waals surface area (Å²) in [5, 5.41) is 16.5. The first-order valence-corrected chi connectivity index (χ1v) is 41.6. The van der Waals surface area contributed by atoms with Crippen LogP contribution in [0.5, 0.6) is 0 Å². The van der Waals surface area contributed by atoms with E-state index >= 15 is 0 Å². The smallest absolute Gasteiger partial charge is 0.224 e. The molecule has 10 atom stereocenters. The minimum Gasteiger partial charge on any atom is -0.326 e. The van der Waals surface area contributed by atoms with E-state index in [0.717, 1.165) is 145 Å². The molecular formula is C96H90Cl4F3N7O4. The highest BCUT2D eigenvalue weighted by Gasteiger charge is 2.58. The Bertz CT molecular complexity index is 5510. The van der Waals surface area contributed by atoms with Crippen molar-refractivity contribution in [3.05, 3.63) is 296 Å². The number of carbonyl (C=O) groups is 4. The normalized spacial score (nSPS) is 24.1. The number of ketones is 2. The van der Waals surface area contributed by atoms with Crippen LogP contribution in [0, 0.1) is 76.1 Å². The van der Waals surface area contributed by atoms with Crippen LogP contribution in [0.1, 0.15) is 155 Å². The van der Waals surface area contributed by atoms with Gasteiger partial charge in [0.2, 0.25) is 11.8 Å². The van der Waals surface area contributed by atoms with E-state index in [0.29, 0.717) is 123 Å². The molecule has 1 spiro atoms. The van der Waals surface area contributed by atoms with E-state index in [4.69, 9.17) is 51.5 Å². The third-order valence-corrected chi connectivity index (χ3v) is 26.5. The number of nitrogens with one attached hydrogen (secondary N) is 2. The lowest BCUT2D eigenvalue weighted by Crippen LogP contribution is -2.20. The Morgan fingerprint density at radius 2 is 1.03 bits per heavy atom. The molecule has 0 radical (unpaired) electrons. The quantitative estimate of drug-likeness (QED) is 0.0856. The lowest BCUT2D eigenvalue weighted by molar-refractivity contribution is -0.121. The number of hydrogen-bond acceptors (Lipinski definition) is 8. The minimum atomic E-state index is -0.252. The number of carbonyl (C=O) groups excluding carboxylic acids is 4. The third kappa shape index (κ3) is 18.4. The number of amides is 2. The highest BCUT2D eigenvalue weighted by Crippen LogP contribution is 2.64. The summed E-state index contributed by atoms with van der Waals surface area (Å²) in [6.45, 7) is 0. The maximum Gasteiger partial charge on any atom is 0.224 e. The van der Waals surface area contributed by atoms with Crippen molar-refractivity contribution < 1.29 is 32.3 Å². The van der Waals surface area contributed by atoms with Crippen molar-refractivity contribution in [2.24, 2.45) is 65.7 Å². The maximum absolute atomic E-state index is 13.9. The molecule has 7 aromatic carbocycles. The van der Waals surface area contributed by atoms with Crippen LogP contribution in [0.4, 0.5) is 24.5 Å². The van der Waals surface area contributed by atoms with E-state index in [9.17, 15) is 32.3 Å². The van der Waals surface area contributed by atoms with Crippen molar-refractivity contribution in [3.8, 4) is 0 Å². The number of anilines is 2. The average Bonchev–Trinajstić information content (AvgIpc) is 1.55. The number of halogens is 7. The largest absolute Gasteiger partial charge is 0.326 e. The van der Waals surface area contributed by atoms with Crippen LogP contribution in [0.3, 0.4) is 0 Å². The molecule has 4 aromatic heterocycles. The van der Waals surface area contributed by atoms with Gasteiger partial charge in [0.05, 0.1) is 28.4 Å². The number of pyridine rings is 3. The second kappa shape index (κ2) is 34.5. The average molecular weight is 1600 g/mol. The van der Waals surface area contributed by atoms with Crippen LogP contribution in [-0.2, 0) is 39.1 Å². The molecule has 0 saturated heterocycles. The van der Waals surface area contributed by atoms with E-state index in [2.05, 4.69) is 68.1 Å². The van der Waals surface area contributed by atoms with E-state index < -0.39 is 0 Å². The fourth-order valence-corrected chi connectivity index (χ4v) is 20.6. The highest BCUT2D eigenvalue weighted by molar-refractivity contribution is 6.31. The topological polar surface area (TPSA) is 149 Å². The molecule has 19 rings (SSSR count). The number of rotatable bonds is 17. The molecule has 114 heavy (non-hydrogen) atoms. The second-order valence-electron chi connectivity index (χ2n) is 33.1. The van der Waals surface area contributed by atoms with Crippen LogP contribution in [-0.4, -0.2) is 48.1 Å². The molecule has 2 amide bonds. The first-order chi connectivity index (χ1) is 55.2. The number of benzene rings is 7.